The summed E-state index contributed by atoms with van der Waals surface area (Å²) in [5.41, 5.74) is 8.16. The molecule has 1 aliphatic heterocycles. The first kappa shape index (κ1) is 18.3. The fourth-order valence-corrected chi connectivity index (χ4v) is 4.22. The Morgan fingerprint density at radius 1 is 0.821 bits per heavy atom. The van der Waals surface area contributed by atoms with Gasteiger partial charge in [-0.1, -0.05) is 65.3 Å². The molecule has 0 saturated heterocycles. The van der Waals surface area contributed by atoms with Gasteiger partial charge in [-0.05, 0) is 55.2 Å². The summed E-state index contributed by atoms with van der Waals surface area (Å²) >= 11 is 0. The largest absolute Gasteiger partial charge is 0.497 e. The minimum atomic E-state index is -0.187. The quantitative estimate of drug-likeness (QED) is 0.573. The minimum Gasteiger partial charge on any atom is -0.497 e. The zero-order valence-electron chi connectivity index (χ0n) is 16.8. The van der Waals surface area contributed by atoms with Crippen molar-refractivity contribution in [2.75, 3.05) is 7.11 Å². The van der Waals surface area contributed by atoms with Gasteiger partial charge < -0.3 is 9.57 Å². The molecule has 0 amide bonds. The Hall–Kier alpha value is -3.07. The molecule has 0 fully saturated rings. The topological polar surface area (TPSA) is 30.8 Å². The van der Waals surface area contributed by atoms with E-state index < -0.39 is 0 Å². The predicted molar refractivity (Wildman–Crippen MR) is 113 cm³/mol. The second-order valence-corrected chi connectivity index (χ2v) is 7.44. The molecule has 0 aliphatic carbocycles. The number of oxime groups is 1. The molecule has 1 heterocycles. The van der Waals surface area contributed by atoms with Gasteiger partial charge in [-0.15, -0.1) is 0 Å². The molecule has 0 bridgehead atoms. The highest BCUT2D eigenvalue weighted by atomic mass is 16.6. The zero-order valence-corrected chi connectivity index (χ0v) is 16.8. The van der Waals surface area contributed by atoms with Crippen LogP contribution in [0.5, 0.6) is 5.75 Å². The van der Waals surface area contributed by atoms with E-state index in [9.17, 15) is 0 Å². The van der Waals surface area contributed by atoms with E-state index in [1.165, 1.54) is 27.8 Å². The fraction of sp³-hybridized carbons (Fsp3) is 0.240. The van der Waals surface area contributed by atoms with E-state index >= 15 is 0 Å². The van der Waals surface area contributed by atoms with Crippen LogP contribution in [0, 0.1) is 20.8 Å². The first-order valence-corrected chi connectivity index (χ1v) is 9.59. The van der Waals surface area contributed by atoms with Crippen LogP contribution in [0.3, 0.4) is 0 Å². The van der Waals surface area contributed by atoms with E-state index in [2.05, 4.69) is 68.4 Å². The van der Waals surface area contributed by atoms with Crippen LogP contribution in [0.25, 0.3) is 0 Å². The van der Waals surface area contributed by atoms with Gasteiger partial charge in [0.15, 0.2) is 6.10 Å². The number of hydrogen-bond acceptors (Lipinski definition) is 3. The Labute approximate surface area is 166 Å². The first-order valence-electron chi connectivity index (χ1n) is 9.59. The molecular formula is C25H25NO2. The Bertz CT molecular complexity index is 1000. The van der Waals surface area contributed by atoms with E-state index in [4.69, 9.17) is 9.57 Å². The maximum atomic E-state index is 6.05. The van der Waals surface area contributed by atoms with Crippen LogP contribution in [0.15, 0.2) is 71.9 Å². The molecule has 0 spiro atoms. The summed E-state index contributed by atoms with van der Waals surface area (Å²) in [6.07, 6.45) is -0.187. The van der Waals surface area contributed by atoms with Crippen LogP contribution in [0.1, 0.15) is 45.4 Å². The highest BCUT2D eigenvalue weighted by Gasteiger charge is 2.38. The Balaban J connectivity index is 1.84. The van der Waals surface area contributed by atoms with Crippen LogP contribution in [0.4, 0.5) is 0 Å². The molecule has 0 unspecified atom stereocenters. The molecule has 3 aromatic rings. The van der Waals surface area contributed by atoms with E-state index in [0.717, 1.165) is 17.0 Å². The molecule has 1 aliphatic rings. The molecular weight excluding hydrogens is 346 g/mol. The maximum Gasteiger partial charge on any atom is 0.165 e. The van der Waals surface area contributed by atoms with Crippen LogP contribution in [0.2, 0.25) is 0 Å². The summed E-state index contributed by atoms with van der Waals surface area (Å²) in [7, 11) is 1.68. The van der Waals surface area contributed by atoms with Crippen molar-refractivity contribution in [3.05, 3.63) is 100 Å². The average molecular weight is 371 g/mol. The predicted octanol–water partition coefficient (Wildman–Crippen LogP) is 5.88. The Morgan fingerprint density at radius 3 is 2.18 bits per heavy atom. The van der Waals surface area contributed by atoms with E-state index in [-0.39, 0.29) is 12.0 Å². The number of rotatable bonds is 4. The third-order valence-corrected chi connectivity index (χ3v) is 5.38. The summed E-state index contributed by atoms with van der Waals surface area (Å²) in [5.74, 6) is 0.845. The van der Waals surface area contributed by atoms with Crippen molar-refractivity contribution in [3.8, 4) is 5.75 Å². The molecule has 0 aromatic heterocycles. The number of aryl methyl sites for hydroxylation is 3. The first-order chi connectivity index (χ1) is 13.6. The normalized spacial score (nSPS) is 18.5. The summed E-state index contributed by atoms with van der Waals surface area (Å²) in [6, 6.07) is 23.0. The molecule has 0 saturated carbocycles. The van der Waals surface area contributed by atoms with Gasteiger partial charge in [0.05, 0.1) is 18.7 Å². The van der Waals surface area contributed by atoms with Crippen molar-refractivity contribution < 1.29 is 9.57 Å². The van der Waals surface area contributed by atoms with Gasteiger partial charge in [-0.2, -0.15) is 0 Å². The average Bonchev–Trinajstić information content (AvgIpc) is 3.12. The summed E-state index contributed by atoms with van der Waals surface area (Å²) in [4.78, 5) is 6.05. The standard InChI is InChI=1S/C25H25NO2/c1-16-13-17(2)22(18(3)14-16)24-23(19-9-6-5-7-10-19)25(28-26-24)20-11-8-12-21(15-20)27-4/h5-15,23,25H,1-4H3/t23-,25+/m0/s1. The Kier molecular flexibility index (Phi) is 4.91. The van der Waals surface area contributed by atoms with Gasteiger partial charge in [-0.25, -0.2) is 0 Å². The molecule has 0 N–H and O–H groups in total. The SMILES string of the molecule is COc1cccc([C@H]2ON=C(c3c(C)cc(C)cc3C)[C@@H]2c2ccccc2)c1. The lowest BCUT2D eigenvalue weighted by Gasteiger charge is -2.22. The highest BCUT2D eigenvalue weighted by molar-refractivity contribution is 6.08. The molecule has 28 heavy (non-hydrogen) atoms. The van der Waals surface area contributed by atoms with Crippen molar-refractivity contribution in [1.82, 2.24) is 0 Å². The minimum absolute atomic E-state index is 0.0217. The summed E-state index contributed by atoms with van der Waals surface area (Å²) in [6.45, 7) is 6.43. The lowest BCUT2D eigenvalue weighted by molar-refractivity contribution is 0.0761. The van der Waals surface area contributed by atoms with Crippen LogP contribution in [-0.2, 0) is 4.84 Å². The molecule has 142 valence electrons. The van der Waals surface area contributed by atoms with Gasteiger partial charge in [0, 0.05) is 5.56 Å². The molecule has 4 rings (SSSR count). The monoisotopic (exact) mass is 371 g/mol. The van der Waals surface area contributed by atoms with Crippen LogP contribution < -0.4 is 4.74 Å². The number of benzene rings is 3. The number of ether oxygens (including phenoxy) is 1. The second kappa shape index (κ2) is 7.51. The fourth-order valence-electron chi connectivity index (χ4n) is 4.22. The third-order valence-electron chi connectivity index (χ3n) is 5.38. The van der Waals surface area contributed by atoms with Crippen molar-refractivity contribution >= 4 is 5.71 Å². The maximum absolute atomic E-state index is 6.05. The smallest absolute Gasteiger partial charge is 0.165 e. The second-order valence-electron chi connectivity index (χ2n) is 7.44. The van der Waals surface area contributed by atoms with Crippen LogP contribution >= 0.6 is 0 Å². The molecule has 3 aromatic carbocycles. The molecule has 3 nitrogen and oxygen atoms in total. The van der Waals surface area contributed by atoms with E-state index in [1.807, 2.05) is 24.3 Å². The number of hydrogen-bond donors (Lipinski definition) is 0. The zero-order chi connectivity index (χ0) is 19.7. The van der Waals surface area contributed by atoms with Gasteiger partial charge in [0.25, 0.3) is 0 Å². The van der Waals surface area contributed by atoms with Crippen molar-refractivity contribution in [1.29, 1.82) is 0 Å². The van der Waals surface area contributed by atoms with Gasteiger partial charge in [-0.3, -0.25) is 0 Å². The van der Waals surface area contributed by atoms with Crippen molar-refractivity contribution in [2.24, 2.45) is 5.16 Å². The van der Waals surface area contributed by atoms with Crippen molar-refractivity contribution in [2.45, 2.75) is 32.8 Å². The molecule has 3 heteroatoms. The van der Waals surface area contributed by atoms with Gasteiger partial charge in [0.2, 0.25) is 0 Å². The third kappa shape index (κ3) is 3.29. The lowest BCUT2D eigenvalue weighted by atomic mass is 9.81. The summed E-state index contributed by atoms with van der Waals surface area (Å²) in [5, 5.41) is 4.60. The van der Waals surface area contributed by atoms with Crippen molar-refractivity contribution in [3.63, 3.8) is 0 Å². The lowest BCUT2D eigenvalue weighted by Crippen LogP contribution is -2.18. The van der Waals surface area contributed by atoms with Gasteiger partial charge >= 0.3 is 0 Å². The van der Waals surface area contributed by atoms with E-state index in [1.54, 1.807) is 7.11 Å². The molecule has 2 atom stereocenters. The van der Waals surface area contributed by atoms with Crippen LogP contribution in [-0.4, -0.2) is 12.8 Å². The Morgan fingerprint density at radius 2 is 1.50 bits per heavy atom. The number of nitrogens with zero attached hydrogens (tertiary/aromatic N) is 1. The van der Waals surface area contributed by atoms with Gasteiger partial charge in [0.1, 0.15) is 5.75 Å². The molecule has 0 radical (unpaired) electrons. The highest BCUT2D eigenvalue weighted by Crippen LogP contribution is 2.43. The number of methoxy groups -OCH3 is 1. The van der Waals surface area contributed by atoms with E-state index in [0.29, 0.717) is 0 Å². The summed E-state index contributed by atoms with van der Waals surface area (Å²) < 4.78 is 5.43.